The van der Waals surface area contributed by atoms with E-state index in [2.05, 4.69) is 5.43 Å². The highest BCUT2D eigenvalue weighted by molar-refractivity contribution is 5.84. The molecule has 0 unspecified atom stereocenters. The quantitative estimate of drug-likeness (QED) is 0.705. The average Bonchev–Trinajstić information content (AvgIpc) is 2.09. The maximum Gasteiger partial charge on any atom is 0.473 e. The third-order valence-corrected chi connectivity index (χ3v) is 1.28. The molecule has 14 heavy (non-hydrogen) atoms. The molecule has 0 aromatic rings. The van der Waals surface area contributed by atoms with Crippen molar-refractivity contribution in [3.8, 4) is 0 Å². The van der Waals surface area contributed by atoms with Crippen LogP contribution in [0.15, 0.2) is 0 Å². The molecule has 0 rings (SSSR count). The molecule has 0 aromatic carbocycles. The molecule has 2 amide bonds. The molecule has 7 heteroatoms. The maximum atomic E-state index is 11.6. The lowest BCUT2D eigenvalue weighted by Crippen LogP contribution is -2.43. The van der Waals surface area contributed by atoms with Gasteiger partial charge in [-0.3, -0.25) is 9.59 Å². The molecule has 0 aromatic heterocycles. The van der Waals surface area contributed by atoms with Gasteiger partial charge in [-0.1, -0.05) is 13.3 Å². The molecular formula is C7H10F3N2O2. The molecule has 1 N–H and O–H groups in total. The van der Waals surface area contributed by atoms with Crippen LogP contribution in [-0.2, 0) is 9.59 Å². The number of nitrogens with one attached hydrogen (secondary N) is 1. The van der Waals surface area contributed by atoms with Crippen molar-refractivity contribution in [2.45, 2.75) is 32.4 Å². The van der Waals surface area contributed by atoms with Gasteiger partial charge in [0.05, 0.1) is 0 Å². The van der Waals surface area contributed by atoms with E-state index in [9.17, 15) is 22.8 Å². The topological polar surface area (TPSA) is 60.3 Å². The van der Waals surface area contributed by atoms with Crippen LogP contribution in [0.1, 0.15) is 26.2 Å². The molecule has 0 saturated heterocycles. The summed E-state index contributed by atoms with van der Waals surface area (Å²) in [4.78, 5) is 20.8. The summed E-state index contributed by atoms with van der Waals surface area (Å²) >= 11 is 0. The minimum absolute atomic E-state index is 0.0363. The number of amides is 2. The van der Waals surface area contributed by atoms with E-state index in [1.54, 1.807) is 0 Å². The van der Waals surface area contributed by atoms with Gasteiger partial charge in [-0.25, -0.2) is 5.43 Å². The van der Waals surface area contributed by atoms with Crippen molar-refractivity contribution in [3.05, 3.63) is 0 Å². The van der Waals surface area contributed by atoms with Crippen LogP contribution >= 0.6 is 0 Å². The number of unbranched alkanes of at least 4 members (excludes halogenated alkanes) is 1. The van der Waals surface area contributed by atoms with Gasteiger partial charge in [0.1, 0.15) is 0 Å². The van der Waals surface area contributed by atoms with Crippen molar-refractivity contribution in [2.75, 3.05) is 0 Å². The maximum absolute atomic E-state index is 11.6. The van der Waals surface area contributed by atoms with Gasteiger partial charge in [0.15, 0.2) is 0 Å². The van der Waals surface area contributed by atoms with Crippen LogP contribution in [-0.4, -0.2) is 18.0 Å². The summed E-state index contributed by atoms with van der Waals surface area (Å²) in [6.45, 7) is 1.82. The van der Waals surface area contributed by atoms with Gasteiger partial charge in [-0.2, -0.15) is 13.2 Å². The molecule has 0 saturated carbocycles. The monoisotopic (exact) mass is 211 g/mol. The number of nitrogens with zero attached hydrogens (tertiary/aromatic N) is 1. The minimum Gasteiger partial charge on any atom is -0.271 e. The Labute approximate surface area is 78.8 Å². The fourth-order valence-electron chi connectivity index (χ4n) is 0.560. The van der Waals surface area contributed by atoms with Gasteiger partial charge in [0, 0.05) is 6.42 Å². The van der Waals surface area contributed by atoms with Crippen LogP contribution in [0.5, 0.6) is 0 Å². The van der Waals surface area contributed by atoms with E-state index >= 15 is 0 Å². The summed E-state index contributed by atoms with van der Waals surface area (Å²) in [6, 6.07) is 0. The number of hydrogen-bond donors (Lipinski definition) is 1. The normalized spacial score (nSPS) is 10.9. The van der Waals surface area contributed by atoms with E-state index in [-0.39, 0.29) is 6.42 Å². The molecule has 0 spiro atoms. The number of carbonyl (C=O) groups excluding carboxylic acids is 2. The van der Waals surface area contributed by atoms with E-state index in [1.807, 2.05) is 6.92 Å². The van der Waals surface area contributed by atoms with Crippen molar-refractivity contribution in [1.82, 2.24) is 10.9 Å². The Morgan fingerprint density at radius 3 is 2.36 bits per heavy atom. The molecule has 1 radical (unpaired) electrons. The highest BCUT2D eigenvalue weighted by Gasteiger charge is 2.39. The molecule has 0 bridgehead atoms. The highest BCUT2D eigenvalue weighted by Crippen LogP contribution is 2.13. The molecular weight excluding hydrogens is 201 g/mol. The van der Waals surface area contributed by atoms with Crippen LogP contribution in [0.4, 0.5) is 13.2 Å². The predicted molar refractivity (Wildman–Crippen MR) is 40.9 cm³/mol. The lowest BCUT2D eigenvalue weighted by molar-refractivity contribution is -0.175. The zero-order chi connectivity index (χ0) is 11.2. The van der Waals surface area contributed by atoms with Crippen LogP contribution in [0.3, 0.4) is 0 Å². The first-order valence-electron chi connectivity index (χ1n) is 3.98. The second-order valence-electron chi connectivity index (χ2n) is 2.55. The smallest absolute Gasteiger partial charge is 0.271 e. The zero-order valence-corrected chi connectivity index (χ0v) is 7.52. The van der Waals surface area contributed by atoms with Gasteiger partial charge in [-0.15, -0.1) is 5.43 Å². The second-order valence-corrected chi connectivity index (χ2v) is 2.55. The summed E-state index contributed by atoms with van der Waals surface area (Å²) in [6.07, 6.45) is -3.71. The fourth-order valence-corrected chi connectivity index (χ4v) is 0.560. The second kappa shape index (κ2) is 5.46. The Hall–Kier alpha value is -1.27. The van der Waals surface area contributed by atoms with Crippen LogP contribution in [0.2, 0.25) is 0 Å². The zero-order valence-electron chi connectivity index (χ0n) is 7.52. The first kappa shape index (κ1) is 12.7. The Morgan fingerprint density at radius 2 is 1.93 bits per heavy atom. The first-order valence-corrected chi connectivity index (χ1v) is 3.98. The Kier molecular flexibility index (Phi) is 4.96. The van der Waals surface area contributed by atoms with Crippen molar-refractivity contribution < 1.29 is 22.8 Å². The minimum atomic E-state index is -5.01. The molecule has 0 aliphatic heterocycles. The van der Waals surface area contributed by atoms with Gasteiger partial charge >= 0.3 is 12.1 Å². The predicted octanol–water partition coefficient (Wildman–Crippen LogP) is 0.901. The Bertz CT molecular complexity index is 215. The number of halogens is 3. The third kappa shape index (κ3) is 5.39. The average molecular weight is 211 g/mol. The molecule has 4 nitrogen and oxygen atoms in total. The van der Waals surface area contributed by atoms with E-state index in [4.69, 9.17) is 0 Å². The van der Waals surface area contributed by atoms with Gasteiger partial charge in [-0.05, 0) is 6.42 Å². The molecule has 81 valence electrons. The molecule has 0 atom stereocenters. The van der Waals surface area contributed by atoms with Crippen LogP contribution in [0.25, 0.3) is 0 Å². The number of alkyl halides is 3. The largest absolute Gasteiger partial charge is 0.473 e. The molecule has 0 heterocycles. The number of carbonyl (C=O) groups is 2. The van der Waals surface area contributed by atoms with Gasteiger partial charge < -0.3 is 0 Å². The van der Waals surface area contributed by atoms with Gasteiger partial charge in [0.2, 0.25) is 0 Å². The third-order valence-electron chi connectivity index (χ3n) is 1.28. The van der Waals surface area contributed by atoms with E-state index in [1.165, 1.54) is 0 Å². The summed E-state index contributed by atoms with van der Waals surface area (Å²) in [7, 11) is 0. The molecule has 0 aliphatic rings. The van der Waals surface area contributed by atoms with E-state index in [0.29, 0.717) is 6.42 Å². The summed E-state index contributed by atoms with van der Waals surface area (Å²) < 4.78 is 34.7. The van der Waals surface area contributed by atoms with E-state index in [0.717, 1.165) is 11.8 Å². The SMILES string of the molecule is CCCCC(=O)[N]NC(=O)C(F)(F)F. The van der Waals surface area contributed by atoms with Crippen molar-refractivity contribution in [1.29, 1.82) is 0 Å². The number of hydrogen-bond acceptors (Lipinski definition) is 2. The summed E-state index contributed by atoms with van der Waals surface area (Å²) in [5, 5.41) is 0. The highest BCUT2D eigenvalue weighted by atomic mass is 19.4. The van der Waals surface area contributed by atoms with Crippen LogP contribution < -0.4 is 10.9 Å². The summed E-state index contributed by atoms with van der Waals surface area (Å²) in [5.41, 5.74) is 3.91. The number of rotatable bonds is 3. The van der Waals surface area contributed by atoms with Crippen LogP contribution in [0, 0.1) is 0 Å². The lowest BCUT2D eigenvalue weighted by atomic mass is 10.2. The first-order chi connectivity index (χ1) is 6.38. The van der Waals surface area contributed by atoms with Gasteiger partial charge in [0.25, 0.3) is 5.91 Å². The van der Waals surface area contributed by atoms with Crippen molar-refractivity contribution in [3.63, 3.8) is 0 Å². The summed E-state index contributed by atoms with van der Waals surface area (Å²) in [5.74, 6) is -2.99. The van der Waals surface area contributed by atoms with Crippen molar-refractivity contribution in [2.24, 2.45) is 0 Å². The molecule has 0 fully saturated rings. The lowest BCUT2D eigenvalue weighted by Gasteiger charge is -2.05. The van der Waals surface area contributed by atoms with E-state index < -0.39 is 18.0 Å². The Balaban J connectivity index is 3.73. The Morgan fingerprint density at radius 1 is 1.36 bits per heavy atom. The van der Waals surface area contributed by atoms with Crippen molar-refractivity contribution >= 4 is 11.8 Å². The molecule has 0 aliphatic carbocycles. The fraction of sp³-hybridized carbons (Fsp3) is 0.714. The standard InChI is InChI=1S/C7H10F3N2O2/c1-2-3-4-5(13)11-12-6(14)7(8,9)10/h2-4H2,1H3,(H,12,14).